The summed E-state index contributed by atoms with van der Waals surface area (Å²) in [5, 5.41) is 17.1. The van der Waals surface area contributed by atoms with Gasteiger partial charge in [-0.15, -0.1) is 0 Å². The first-order valence-electron chi connectivity index (χ1n) is 7.43. The number of halogens is 3. The highest BCUT2D eigenvalue weighted by Crippen LogP contribution is 2.48. The largest absolute Gasteiger partial charge is 0.455 e. The van der Waals surface area contributed by atoms with Gasteiger partial charge < -0.3 is 9.84 Å². The van der Waals surface area contributed by atoms with Gasteiger partial charge in [-0.1, -0.05) is 12.1 Å². The molecule has 2 unspecified atom stereocenters. The van der Waals surface area contributed by atoms with Gasteiger partial charge in [0.25, 0.3) is 6.43 Å². The van der Waals surface area contributed by atoms with Gasteiger partial charge in [-0.2, -0.15) is 5.10 Å². The quantitative estimate of drug-likeness (QED) is 0.722. The first kappa shape index (κ1) is 16.9. The number of sulfone groups is 1. The van der Waals surface area contributed by atoms with Crippen molar-refractivity contribution in [2.24, 2.45) is 0 Å². The Balaban J connectivity index is 1.90. The van der Waals surface area contributed by atoms with Crippen molar-refractivity contribution in [1.29, 1.82) is 0 Å². The van der Waals surface area contributed by atoms with E-state index in [0.29, 0.717) is 10.9 Å². The molecule has 1 aliphatic rings. The van der Waals surface area contributed by atoms with Crippen LogP contribution in [0.2, 0.25) is 0 Å². The SMILES string of the molecule is O=S1(=O)c2ccc(Oc3cccc4cn[nH]c34)c(C(F)F)c2C(O)C1F. The van der Waals surface area contributed by atoms with Crippen molar-refractivity contribution in [3.05, 3.63) is 47.7 Å². The summed E-state index contributed by atoms with van der Waals surface area (Å²) in [5.74, 6) is -0.196. The molecule has 2 aromatic carbocycles. The van der Waals surface area contributed by atoms with Crippen LogP contribution in [0.15, 0.2) is 41.4 Å². The van der Waals surface area contributed by atoms with Crippen LogP contribution in [0, 0.1) is 0 Å². The number of hydrogen-bond acceptors (Lipinski definition) is 5. The number of nitrogens with one attached hydrogen (secondary N) is 1. The number of fused-ring (bicyclic) bond motifs is 2. The number of benzene rings is 2. The van der Waals surface area contributed by atoms with Gasteiger partial charge in [0.05, 0.1) is 16.7 Å². The molecule has 10 heteroatoms. The number of ether oxygens (including phenoxy) is 1. The Kier molecular flexibility index (Phi) is 3.70. The maximum absolute atomic E-state index is 13.9. The summed E-state index contributed by atoms with van der Waals surface area (Å²) in [4.78, 5) is -0.653. The summed E-state index contributed by atoms with van der Waals surface area (Å²) >= 11 is 0. The van der Waals surface area contributed by atoms with Crippen LogP contribution in [0.1, 0.15) is 23.7 Å². The van der Waals surface area contributed by atoms with Crippen molar-refractivity contribution >= 4 is 20.7 Å². The molecule has 3 aromatic rings. The van der Waals surface area contributed by atoms with Crippen molar-refractivity contribution < 1.29 is 31.4 Å². The second kappa shape index (κ2) is 5.71. The minimum absolute atomic E-state index is 0.175. The summed E-state index contributed by atoms with van der Waals surface area (Å²) < 4.78 is 70.7. The van der Waals surface area contributed by atoms with Crippen molar-refractivity contribution in [2.75, 3.05) is 0 Å². The van der Waals surface area contributed by atoms with Crippen LogP contribution >= 0.6 is 0 Å². The number of aromatic nitrogens is 2. The van der Waals surface area contributed by atoms with Crippen LogP contribution in [-0.4, -0.2) is 29.2 Å². The Labute approximate surface area is 145 Å². The predicted octanol–water partition coefficient (Wildman–Crippen LogP) is 3.41. The van der Waals surface area contributed by atoms with Gasteiger partial charge in [0, 0.05) is 10.9 Å². The number of aromatic amines is 1. The van der Waals surface area contributed by atoms with Crippen LogP contribution in [-0.2, 0) is 9.84 Å². The topological polar surface area (TPSA) is 92.3 Å². The van der Waals surface area contributed by atoms with Crippen molar-refractivity contribution in [2.45, 2.75) is 22.9 Å². The normalized spacial score (nSPS) is 21.3. The van der Waals surface area contributed by atoms with Crippen LogP contribution < -0.4 is 4.74 Å². The minimum Gasteiger partial charge on any atom is -0.455 e. The number of rotatable bonds is 3. The lowest BCUT2D eigenvalue weighted by molar-refractivity contribution is 0.109. The van der Waals surface area contributed by atoms with Gasteiger partial charge in [0.2, 0.25) is 15.3 Å². The van der Waals surface area contributed by atoms with Gasteiger partial charge >= 0.3 is 0 Å². The molecule has 4 rings (SSSR count). The molecule has 1 aliphatic heterocycles. The van der Waals surface area contributed by atoms with E-state index >= 15 is 0 Å². The number of alkyl halides is 3. The zero-order valence-corrected chi connectivity index (χ0v) is 13.7. The van der Waals surface area contributed by atoms with Crippen LogP contribution in [0.4, 0.5) is 13.2 Å². The molecular weight excluding hydrogens is 373 g/mol. The number of para-hydroxylation sites is 1. The average Bonchev–Trinajstić information content (AvgIpc) is 3.14. The third-order valence-corrected chi connectivity index (χ3v) is 6.05. The van der Waals surface area contributed by atoms with E-state index in [4.69, 9.17) is 4.74 Å². The average molecular weight is 384 g/mol. The Hall–Kier alpha value is -2.59. The first-order valence-corrected chi connectivity index (χ1v) is 8.98. The molecule has 0 fully saturated rings. The van der Waals surface area contributed by atoms with E-state index in [9.17, 15) is 26.7 Å². The molecule has 0 saturated carbocycles. The lowest BCUT2D eigenvalue weighted by Crippen LogP contribution is -2.15. The molecule has 1 aromatic heterocycles. The highest BCUT2D eigenvalue weighted by molar-refractivity contribution is 7.92. The fourth-order valence-corrected chi connectivity index (χ4v) is 4.54. The van der Waals surface area contributed by atoms with Gasteiger partial charge in [0.15, 0.2) is 5.75 Å². The fourth-order valence-electron chi connectivity index (χ4n) is 3.03. The molecule has 0 amide bonds. The van der Waals surface area contributed by atoms with E-state index in [0.717, 1.165) is 12.1 Å². The van der Waals surface area contributed by atoms with Crippen LogP contribution in [0.3, 0.4) is 0 Å². The molecule has 136 valence electrons. The van der Waals surface area contributed by atoms with Gasteiger partial charge in [0.1, 0.15) is 17.4 Å². The lowest BCUT2D eigenvalue weighted by atomic mass is 10.0. The fraction of sp³-hybridized carbons (Fsp3) is 0.188. The number of H-pyrrole nitrogens is 1. The van der Waals surface area contributed by atoms with E-state index < -0.39 is 43.9 Å². The van der Waals surface area contributed by atoms with Crippen LogP contribution in [0.25, 0.3) is 10.9 Å². The van der Waals surface area contributed by atoms with Gasteiger partial charge in [-0.3, -0.25) is 5.10 Å². The number of aliphatic hydroxyl groups excluding tert-OH is 1. The Morgan fingerprint density at radius 1 is 1.19 bits per heavy atom. The van der Waals surface area contributed by atoms with E-state index in [1.165, 1.54) is 12.3 Å². The van der Waals surface area contributed by atoms with E-state index in [1.54, 1.807) is 12.1 Å². The number of hydrogen-bond donors (Lipinski definition) is 2. The summed E-state index contributed by atoms with van der Waals surface area (Å²) in [5.41, 5.74) is -3.76. The molecule has 2 atom stereocenters. The van der Waals surface area contributed by atoms with Gasteiger partial charge in [-0.05, 0) is 18.2 Å². The number of nitrogens with zero attached hydrogens (tertiary/aromatic N) is 1. The lowest BCUT2D eigenvalue weighted by Gasteiger charge is -2.16. The van der Waals surface area contributed by atoms with E-state index in [1.807, 2.05) is 0 Å². The molecule has 6 nitrogen and oxygen atoms in total. The smallest absolute Gasteiger partial charge is 0.267 e. The molecular formula is C16H11F3N2O4S. The zero-order chi connectivity index (χ0) is 18.6. The zero-order valence-electron chi connectivity index (χ0n) is 12.9. The monoisotopic (exact) mass is 384 g/mol. The van der Waals surface area contributed by atoms with Crippen molar-refractivity contribution in [1.82, 2.24) is 10.2 Å². The maximum atomic E-state index is 13.9. The Morgan fingerprint density at radius 2 is 1.96 bits per heavy atom. The highest BCUT2D eigenvalue weighted by Gasteiger charge is 2.48. The van der Waals surface area contributed by atoms with E-state index in [-0.39, 0.29) is 11.5 Å². The molecule has 2 heterocycles. The molecule has 0 spiro atoms. The maximum Gasteiger partial charge on any atom is 0.267 e. The summed E-state index contributed by atoms with van der Waals surface area (Å²) in [6, 6.07) is 6.85. The van der Waals surface area contributed by atoms with Gasteiger partial charge in [-0.25, -0.2) is 21.6 Å². The minimum atomic E-state index is -4.53. The molecule has 0 radical (unpaired) electrons. The third kappa shape index (κ3) is 2.29. The summed E-state index contributed by atoms with van der Waals surface area (Å²) in [6.45, 7) is 0. The van der Waals surface area contributed by atoms with Crippen molar-refractivity contribution in [3.8, 4) is 11.5 Å². The molecule has 0 aliphatic carbocycles. The van der Waals surface area contributed by atoms with Crippen LogP contribution in [0.5, 0.6) is 11.5 Å². The molecule has 0 bridgehead atoms. The van der Waals surface area contributed by atoms with E-state index in [2.05, 4.69) is 10.2 Å². The summed E-state index contributed by atoms with van der Waals surface area (Å²) in [7, 11) is -4.53. The standard InChI is InChI=1S/C16H11F3N2O4S/c17-15(18)11-8(25-9-3-1-2-7-6-20-21-13(7)9)4-5-10-12(11)14(22)16(19)26(10,23)24/h1-6,14-16,22H,(H,20,21). The second-order valence-corrected chi connectivity index (χ2v) is 7.70. The first-order chi connectivity index (χ1) is 12.3. The van der Waals surface area contributed by atoms with Crippen molar-refractivity contribution in [3.63, 3.8) is 0 Å². The molecule has 2 N–H and O–H groups in total. The molecule has 26 heavy (non-hydrogen) atoms. The predicted molar refractivity (Wildman–Crippen MR) is 84.6 cm³/mol. The second-order valence-electron chi connectivity index (χ2n) is 5.72. The molecule has 0 saturated heterocycles. The third-order valence-electron chi connectivity index (χ3n) is 4.23. The Bertz CT molecular complexity index is 1110. The highest BCUT2D eigenvalue weighted by atomic mass is 32.2. The Morgan fingerprint density at radius 3 is 2.69 bits per heavy atom. The number of aliphatic hydroxyl groups is 1. The summed E-state index contributed by atoms with van der Waals surface area (Å²) in [6.07, 6.45) is -3.87.